The summed E-state index contributed by atoms with van der Waals surface area (Å²) in [5.74, 6) is -0.536. The van der Waals surface area contributed by atoms with E-state index in [0.29, 0.717) is 20.8 Å². The molecule has 4 rings (SSSR count). The largest absolute Gasteiger partial charge is 0.497 e. The molecule has 3 aromatic rings. The summed E-state index contributed by atoms with van der Waals surface area (Å²) in [6, 6.07) is 18.3. The minimum atomic E-state index is -4.14. The Kier molecular flexibility index (Phi) is 7.14. The van der Waals surface area contributed by atoms with Crippen LogP contribution in [0.5, 0.6) is 5.75 Å². The van der Waals surface area contributed by atoms with Gasteiger partial charge in [0.2, 0.25) is 10.0 Å². The molecule has 0 bridgehead atoms. The normalized spacial score (nSPS) is 18.9. The number of aliphatic carboxylic acids is 1. The van der Waals surface area contributed by atoms with E-state index in [4.69, 9.17) is 16.3 Å². The second kappa shape index (κ2) is 9.92. The molecule has 34 heavy (non-hydrogen) atoms. The summed E-state index contributed by atoms with van der Waals surface area (Å²) in [6.45, 7) is 0. The molecule has 0 spiro atoms. The summed E-state index contributed by atoms with van der Waals surface area (Å²) in [5.41, 5.74) is 1.26. The van der Waals surface area contributed by atoms with Crippen molar-refractivity contribution in [3.63, 3.8) is 0 Å². The highest BCUT2D eigenvalue weighted by Crippen LogP contribution is 2.46. The summed E-state index contributed by atoms with van der Waals surface area (Å²) in [7, 11) is -2.59. The third kappa shape index (κ3) is 4.77. The number of benzene rings is 3. The first-order valence-electron chi connectivity index (χ1n) is 10.3. The predicted molar refractivity (Wildman–Crippen MR) is 133 cm³/mol. The van der Waals surface area contributed by atoms with E-state index in [9.17, 15) is 18.3 Å². The lowest BCUT2D eigenvalue weighted by molar-refractivity contribution is -0.133. The van der Waals surface area contributed by atoms with Crippen molar-refractivity contribution in [3.05, 3.63) is 105 Å². The van der Waals surface area contributed by atoms with E-state index in [0.717, 1.165) is 5.56 Å². The van der Waals surface area contributed by atoms with Crippen LogP contribution in [0.4, 0.5) is 0 Å². The van der Waals surface area contributed by atoms with Gasteiger partial charge in [-0.25, -0.2) is 13.2 Å². The van der Waals surface area contributed by atoms with Crippen LogP contribution in [0.2, 0.25) is 5.02 Å². The number of nitrogens with zero attached hydrogens (tertiary/aromatic N) is 1. The van der Waals surface area contributed by atoms with Gasteiger partial charge in [-0.3, -0.25) is 0 Å². The van der Waals surface area contributed by atoms with Gasteiger partial charge in [0, 0.05) is 9.50 Å². The number of methoxy groups -OCH3 is 1. The summed E-state index contributed by atoms with van der Waals surface area (Å²) in [5, 5.41) is 10.4. The average molecular weight is 563 g/mol. The second-order valence-corrected chi connectivity index (χ2v) is 10.9. The zero-order valence-electron chi connectivity index (χ0n) is 18.1. The van der Waals surface area contributed by atoms with Crippen LogP contribution in [0.15, 0.2) is 93.8 Å². The Bertz CT molecular complexity index is 1340. The molecule has 1 aliphatic rings. The molecule has 0 saturated heterocycles. The quantitative estimate of drug-likeness (QED) is 0.398. The number of hydrogen-bond donors (Lipinski definition) is 1. The Hall–Kier alpha value is -2.65. The second-order valence-electron chi connectivity index (χ2n) is 7.74. The van der Waals surface area contributed by atoms with E-state index in [2.05, 4.69) is 15.9 Å². The van der Waals surface area contributed by atoms with Gasteiger partial charge in [0.25, 0.3) is 0 Å². The van der Waals surface area contributed by atoms with Crippen LogP contribution in [0.3, 0.4) is 0 Å². The van der Waals surface area contributed by atoms with Gasteiger partial charge in [-0.15, -0.1) is 0 Å². The van der Waals surface area contributed by atoms with E-state index >= 15 is 0 Å². The maximum Gasteiger partial charge on any atom is 0.333 e. The Morgan fingerprint density at radius 1 is 1.06 bits per heavy atom. The van der Waals surface area contributed by atoms with Gasteiger partial charge in [-0.2, -0.15) is 4.31 Å². The van der Waals surface area contributed by atoms with Gasteiger partial charge in [0.15, 0.2) is 0 Å². The lowest BCUT2D eigenvalue weighted by Crippen LogP contribution is -2.42. The molecule has 2 atom stereocenters. The van der Waals surface area contributed by atoms with Crippen molar-refractivity contribution >= 4 is 43.5 Å². The number of halogens is 2. The molecule has 0 radical (unpaired) electrons. The average Bonchev–Trinajstić information content (AvgIpc) is 2.83. The molecule has 3 aromatic carbocycles. The maximum atomic E-state index is 14.1. The van der Waals surface area contributed by atoms with Crippen molar-refractivity contribution in [1.29, 1.82) is 0 Å². The van der Waals surface area contributed by atoms with E-state index in [-0.39, 0.29) is 16.9 Å². The monoisotopic (exact) mass is 561 g/mol. The summed E-state index contributed by atoms with van der Waals surface area (Å²) in [6.07, 6.45) is 1.81. The highest BCUT2D eigenvalue weighted by atomic mass is 79.9. The first-order valence-corrected chi connectivity index (χ1v) is 13.0. The van der Waals surface area contributed by atoms with Gasteiger partial charge in [0.05, 0.1) is 29.7 Å². The molecular weight excluding hydrogens is 542 g/mol. The van der Waals surface area contributed by atoms with Crippen LogP contribution in [0.1, 0.15) is 29.6 Å². The number of ether oxygens (including phenoxy) is 1. The number of carbonyl (C=O) groups is 1. The topological polar surface area (TPSA) is 83.9 Å². The lowest BCUT2D eigenvalue weighted by atomic mass is 9.89. The van der Waals surface area contributed by atoms with Crippen molar-refractivity contribution in [1.82, 2.24) is 4.31 Å². The maximum absolute atomic E-state index is 14.1. The lowest BCUT2D eigenvalue weighted by Gasteiger charge is -2.40. The van der Waals surface area contributed by atoms with E-state index < -0.39 is 28.1 Å². The first-order chi connectivity index (χ1) is 16.2. The molecule has 9 heteroatoms. The molecule has 0 fully saturated rings. The Morgan fingerprint density at radius 2 is 1.74 bits per heavy atom. The van der Waals surface area contributed by atoms with Crippen LogP contribution < -0.4 is 4.74 Å². The Balaban J connectivity index is 1.96. The van der Waals surface area contributed by atoms with Crippen molar-refractivity contribution in [2.45, 2.75) is 23.4 Å². The highest BCUT2D eigenvalue weighted by molar-refractivity contribution is 9.10. The van der Waals surface area contributed by atoms with Gasteiger partial charge < -0.3 is 9.84 Å². The molecule has 0 unspecified atom stereocenters. The fraction of sp³-hybridized carbons (Fsp3) is 0.160. The molecule has 1 N–H and O–H groups in total. The SMILES string of the molecule is COc1ccc([C@@H]2CC=C(C(=O)O)[C@H](c3cccc(Br)c3)N2S(=O)(=O)c2ccc(Cl)cc2)cc1. The predicted octanol–water partition coefficient (Wildman–Crippen LogP) is 6.00. The minimum absolute atomic E-state index is 0.000371. The van der Waals surface area contributed by atoms with E-state index in [1.165, 1.54) is 28.6 Å². The number of sulfonamides is 1. The molecule has 1 heterocycles. The molecule has 0 saturated carbocycles. The summed E-state index contributed by atoms with van der Waals surface area (Å²) >= 11 is 9.42. The van der Waals surface area contributed by atoms with Gasteiger partial charge in [-0.05, 0) is 66.1 Å². The van der Waals surface area contributed by atoms with E-state index in [1.54, 1.807) is 61.7 Å². The molecule has 0 aromatic heterocycles. The van der Waals surface area contributed by atoms with Crippen molar-refractivity contribution in [2.75, 3.05) is 7.11 Å². The Morgan fingerprint density at radius 3 is 2.32 bits per heavy atom. The van der Waals surface area contributed by atoms with Gasteiger partial charge in [-0.1, -0.05) is 57.9 Å². The highest BCUT2D eigenvalue weighted by Gasteiger charge is 2.44. The Labute approximate surface area is 211 Å². The van der Waals surface area contributed by atoms with Crippen LogP contribution in [0, 0.1) is 0 Å². The zero-order valence-corrected chi connectivity index (χ0v) is 21.2. The third-order valence-corrected chi connectivity index (χ3v) is 8.35. The number of hydrogen-bond acceptors (Lipinski definition) is 4. The molecular formula is C25H21BrClNO5S. The van der Waals surface area contributed by atoms with Crippen molar-refractivity contribution in [3.8, 4) is 5.75 Å². The molecule has 0 amide bonds. The van der Waals surface area contributed by atoms with Crippen molar-refractivity contribution in [2.24, 2.45) is 0 Å². The fourth-order valence-electron chi connectivity index (χ4n) is 4.12. The molecule has 176 valence electrons. The minimum Gasteiger partial charge on any atom is -0.497 e. The van der Waals surface area contributed by atoms with Crippen LogP contribution >= 0.6 is 27.5 Å². The van der Waals surface area contributed by atoms with E-state index in [1.807, 2.05) is 0 Å². The van der Waals surface area contributed by atoms with Crippen LogP contribution in [-0.4, -0.2) is 30.9 Å². The number of rotatable bonds is 6. The zero-order chi connectivity index (χ0) is 24.5. The van der Waals surface area contributed by atoms with Crippen LogP contribution in [0.25, 0.3) is 0 Å². The number of carboxylic acid groups (broad SMARTS) is 1. The molecule has 6 nitrogen and oxygen atoms in total. The smallest absolute Gasteiger partial charge is 0.333 e. The van der Waals surface area contributed by atoms with Gasteiger partial charge >= 0.3 is 5.97 Å². The molecule has 0 aliphatic carbocycles. The number of carboxylic acids is 1. The standard InChI is InChI=1S/C25H21BrClNO5S/c1-33-20-9-5-16(6-10-20)23-14-13-22(25(29)30)24(17-3-2-4-18(26)15-17)28(23)34(31,32)21-11-7-19(27)8-12-21/h2-13,15,23-24H,14H2,1H3,(H,29,30)/t23-,24-/m0/s1. The van der Waals surface area contributed by atoms with Crippen LogP contribution in [-0.2, 0) is 14.8 Å². The summed E-state index contributed by atoms with van der Waals surface area (Å²) in [4.78, 5) is 12.3. The molecule has 1 aliphatic heterocycles. The van der Waals surface area contributed by atoms with Crippen molar-refractivity contribution < 1.29 is 23.1 Å². The first kappa shape index (κ1) is 24.5. The van der Waals surface area contributed by atoms with Gasteiger partial charge in [0.1, 0.15) is 5.75 Å². The fourth-order valence-corrected chi connectivity index (χ4v) is 6.44. The summed E-state index contributed by atoms with van der Waals surface area (Å²) < 4.78 is 35.4. The third-order valence-electron chi connectivity index (χ3n) is 5.72.